The summed E-state index contributed by atoms with van der Waals surface area (Å²) in [7, 11) is 0. The standard InChI is InChI=1S/C21H26N2O2.ClH/c1-14(2)15-7-9-16(10-8-15)19(22)12-23-21(24)18-11-17-5-3-4-6-20(17)25-13-18;/h3-10,14,18-19H,11-13,22H2,1-2H3,(H,23,24);1H. The molecule has 0 aliphatic carbocycles. The quantitative estimate of drug-likeness (QED) is 0.840. The van der Waals surface area contributed by atoms with Crippen molar-refractivity contribution in [3.05, 3.63) is 65.2 Å². The minimum atomic E-state index is -0.207. The predicted molar refractivity (Wildman–Crippen MR) is 107 cm³/mol. The molecule has 0 aromatic heterocycles. The number of carbonyl (C=O) groups excluding carboxylic acids is 1. The van der Waals surface area contributed by atoms with E-state index in [0.29, 0.717) is 25.5 Å². The fourth-order valence-electron chi connectivity index (χ4n) is 3.10. The van der Waals surface area contributed by atoms with Crippen LogP contribution in [0.3, 0.4) is 0 Å². The van der Waals surface area contributed by atoms with E-state index < -0.39 is 0 Å². The summed E-state index contributed by atoms with van der Waals surface area (Å²) < 4.78 is 5.69. The third-order valence-corrected chi connectivity index (χ3v) is 4.78. The zero-order valence-corrected chi connectivity index (χ0v) is 16.1. The second-order valence-corrected chi connectivity index (χ2v) is 6.99. The van der Waals surface area contributed by atoms with Gasteiger partial charge in [-0.2, -0.15) is 0 Å². The molecule has 3 rings (SSSR count). The van der Waals surface area contributed by atoms with E-state index in [2.05, 4.69) is 31.3 Å². The van der Waals surface area contributed by atoms with Gasteiger partial charge in [-0.25, -0.2) is 0 Å². The Balaban J connectivity index is 0.00000243. The van der Waals surface area contributed by atoms with Gasteiger partial charge in [-0.15, -0.1) is 12.4 Å². The second kappa shape index (κ2) is 9.06. The fourth-order valence-corrected chi connectivity index (χ4v) is 3.10. The average Bonchev–Trinajstić information content (AvgIpc) is 2.65. The molecule has 1 amide bonds. The van der Waals surface area contributed by atoms with Gasteiger partial charge in [0.25, 0.3) is 0 Å². The lowest BCUT2D eigenvalue weighted by Crippen LogP contribution is -2.40. The summed E-state index contributed by atoms with van der Waals surface area (Å²) >= 11 is 0. The Morgan fingerprint density at radius 1 is 1.15 bits per heavy atom. The Kier molecular flexibility index (Phi) is 7.06. The molecule has 3 N–H and O–H groups in total. The first-order valence-electron chi connectivity index (χ1n) is 8.88. The molecular formula is C21H27ClN2O2. The van der Waals surface area contributed by atoms with E-state index in [1.165, 1.54) is 5.56 Å². The maximum Gasteiger partial charge on any atom is 0.226 e. The van der Waals surface area contributed by atoms with Crippen LogP contribution in [0, 0.1) is 5.92 Å². The molecule has 1 aliphatic heterocycles. The summed E-state index contributed by atoms with van der Waals surface area (Å²) in [5.74, 6) is 1.22. The van der Waals surface area contributed by atoms with Crippen molar-refractivity contribution >= 4 is 18.3 Å². The number of hydrogen-bond donors (Lipinski definition) is 2. The number of fused-ring (bicyclic) bond motifs is 1. The van der Waals surface area contributed by atoms with Crippen molar-refractivity contribution in [3.63, 3.8) is 0 Å². The van der Waals surface area contributed by atoms with Gasteiger partial charge >= 0.3 is 0 Å². The van der Waals surface area contributed by atoms with E-state index in [-0.39, 0.29) is 30.3 Å². The summed E-state index contributed by atoms with van der Waals surface area (Å²) in [5.41, 5.74) is 9.64. The predicted octanol–water partition coefficient (Wildman–Crippen LogP) is 3.60. The van der Waals surface area contributed by atoms with E-state index >= 15 is 0 Å². The van der Waals surface area contributed by atoms with Gasteiger partial charge in [-0.3, -0.25) is 4.79 Å². The van der Waals surface area contributed by atoms with Crippen LogP contribution >= 0.6 is 12.4 Å². The summed E-state index contributed by atoms with van der Waals surface area (Å²) in [6.07, 6.45) is 0.709. The number of para-hydroxylation sites is 1. The highest BCUT2D eigenvalue weighted by Crippen LogP contribution is 2.27. The molecule has 1 heterocycles. The lowest BCUT2D eigenvalue weighted by molar-refractivity contribution is -0.126. The number of carbonyl (C=O) groups is 1. The molecule has 0 radical (unpaired) electrons. The molecule has 2 aromatic rings. The maximum absolute atomic E-state index is 12.4. The van der Waals surface area contributed by atoms with E-state index in [9.17, 15) is 4.79 Å². The number of ether oxygens (including phenoxy) is 1. The largest absolute Gasteiger partial charge is 0.492 e. The maximum atomic E-state index is 12.4. The van der Waals surface area contributed by atoms with Crippen molar-refractivity contribution in [1.82, 2.24) is 5.32 Å². The molecule has 26 heavy (non-hydrogen) atoms. The van der Waals surface area contributed by atoms with Crippen LogP contribution in [-0.4, -0.2) is 19.1 Å². The van der Waals surface area contributed by atoms with Crippen LogP contribution < -0.4 is 15.8 Å². The first-order valence-corrected chi connectivity index (χ1v) is 8.88. The fraction of sp³-hybridized carbons (Fsp3) is 0.381. The molecule has 0 fully saturated rings. The van der Waals surface area contributed by atoms with E-state index in [1.807, 2.05) is 36.4 Å². The van der Waals surface area contributed by atoms with E-state index in [0.717, 1.165) is 16.9 Å². The average molecular weight is 375 g/mol. The van der Waals surface area contributed by atoms with E-state index in [1.54, 1.807) is 0 Å². The smallest absolute Gasteiger partial charge is 0.226 e. The molecule has 140 valence electrons. The summed E-state index contributed by atoms with van der Waals surface area (Å²) in [6.45, 7) is 5.18. The van der Waals surface area contributed by atoms with Gasteiger partial charge in [0.05, 0.1) is 5.92 Å². The van der Waals surface area contributed by atoms with Crippen LogP contribution in [0.2, 0.25) is 0 Å². The number of nitrogens with one attached hydrogen (secondary N) is 1. The highest BCUT2D eigenvalue weighted by molar-refractivity contribution is 5.85. The van der Waals surface area contributed by atoms with Crippen molar-refractivity contribution < 1.29 is 9.53 Å². The minimum absolute atomic E-state index is 0. The van der Waals surface area contributed by atoms with Crippen molar-refractivity contribution in [3.8, 4) is 5.75 Å². The number of halogens is 1. The molecule has 0 spiro atoms. The molecule has 2 atom stereocenters. The van der Waals surface area contributed by atoms with Gasteiger partial charge < -0.3 is 15.8 Å². The minimum Gasteiger partial charge on any atom is -0.492 e. The molecule has 2 aromatic carbocycles. The van der Waals surface area contributed by atoms with Crippen molar-refractivity contribution in [2.45, 2.75) is 32.2 Å². The number of amides is 1. The molecule has 0 saturated carbocycles. The number of nitrogens with two attached hydrogens (primary N) is 1. The van der Waals surface area contributed by atoms with Gasteiger partial charge in [0.15, 0.2) is 0 Å². The van der Waals surface area contributed by atoms with Crippen LogP contribution in [0.1, 0.15) is 42.5 Å². The zero-order chi connectivity index (χ0) is 17.8. The van der Waals surface area contributed by atoms with Crippen molar-refractivity contribution in [1.29, 1.82) is 0 Å². The molecule has 4 nitrogen and oxygen atoms in total. The Morgan fingerprint density at radius 3 is 2.50 bits per heavy atom. The van der Waals surface area contributed by atoms with Gasteiger partial charge in [-0.05, 0) is 35.1 Å². The van der Waals surface area contributed by atoms with Crippen LogP contribution in [0.5, 0.6) is 5.75 Å². The lowest BCUT2D eigenvalue weighted by atomic mass is 9.95. The highest BCUT2D eigenvalue weighted by atomic mass is 35.5. The number of rotatable bonds is 5. The van der Waals surface area contributed by atoms with E-state index in [4.69, 9.17) is 10.5 Å². The van der Waals surface area contributed by atoms with Crippen molar-refractivity contribution in [2.75, 3.05) is 13.2 Å². The Morgan fingerprint density at radius 2 is 1.81 bits per heavy atom. The molecule has 1 aliphatic rings. The molecule has 0 saturated heterocycles. The Labute approximate surface area is 161 Å². The Bertz CT molecular complexity index is 731. The van der Waals surface area contributed by atoms with Gasteiger partial charge in [0, 0.05) is 12.6 Å². The zero-order valence-electron chi connectivity index (χ0n) is 15.3. The van der Waals surface area contributed by atoms with Crippen LogP contribution in [0.25, 0.3) is 0 Å². The summed E-state index contributed by atoms with van der Waals surface area (Å²) in [4.78, 5) is 12.4. The monoisotopic (exact) mass is 374 g/mol. The first kappa shape index (κ1) is 20.3. The normalized spacial score (nSPS) is 16.8. The van der Waals surface area contributed by atoms with Gasteiger partial charge in [0.1, 0.15) is 12.4 Å². The number of benzene rings is 2. The molecule has 5 heteroatoms. The molecule has 0 bridgehead atoms. The molecular weight excluding hydrogens is 348 g/mol. The van der Waals surface area contributed by atoms with Crippen LogP contribution in [0.4, 0.5) is 0 Å². The van der Waals surface area contributed by atoms with Gasteiger partial charge in [0.2, 0.25) is 5.91 Å². The third-order valence-electron chi connectivity index (χ3n) is 4.78. The van der Waals surface area contributed by atoms with Gasteiger partial charge in [-0.1, -0.05) is 56.3 Å². The third kappa shape index (κ3) is 4.77. The lowest BCUT2D eigenvalue weighted by Gasteiger charge is -2.25. The van der Waals surface area contributed by atoms with Crippen LogP contribution in [0.15, 0.2) is 48.5 Å². The molecule has 2 unspecified atom stereocenters. The Hall–Kier alpha value is -2.04. The second-order valence-electron chi connectivity index (χ2n) is 6.99. The summed E-state index contributed by atoms with van der Waals surface area (Å²) in [6, 6.07) is 16.0. The summed E-state index contributed by atoms with van der Waals surface area (Å²) in [5, 5.41) is 2.97. The topological polar surface area (TPSA) is 64.3 Å². The van der Waals surface area contributed by atoms with Crippen molar-refractivity contribution in [2.24, 2.45) is 11.7 Å². The first-order chi connectivity index (χ1) is 12.0. The highest BCUT2D eigenvalue weighted by Gasteiger charge is 2.25. The SMILES string of the molecule is CC(C)c1ccc(C(N)CNC(=O)C2COc3ccccc3C2)cc1.Cl. The number of hydrogen-bond acceptors (Lipinski definition) is 3. The van der Waals surface area contributed by atoms with Crippen LogP contribution in [-0.2, 0) is 11.2 Å².